The van der Waals surface area contributed by atoms with E-state index >= 15 is 0 Å². The number of hydrogen-bond acceptors (Lipinski definition) is 2. The van der Waals surface area contributed by atoms with E-state index in [9.17, 15) is 18.0 Å². The van der Waals surface area contributed by atoms with Gasteiger partial charge in [0.25, 0.3) is 0 Å². The van der Waals surface area contributed by atoms with Crippen molar-refractivity contribution in [3.05, 3.63) is 0 Å². The maximum Gasteiger partial charge on any atom is 0.389 e. The summed E-state index contributed by atoms with van der Waals surface area (Å²) in [7, 11) is 0. The number of nitrogens with one attached hydrogen (secondary N) is 2. The summed E-state index contributed by atoms with van der Waals surface area (Å²) in [6, 6.07) is 0.0238. The van der Waals surface area contributed by atoms with E-state index in [1.807, 2.05) is 0 Å². The first-order valence-electron chi connectivity index (χ1n) is 5.54. The van der Waals surface area contributed by atoms with Gasteiger partial charge in [-0.2, -0.15) is 13.2 Å². The molecule has 3 nitrogen and oxygen atoms in total. The maximum atomic E-state index is 11.9. The van der Waals surface area contributed by atoms with E-state index in [-0.39, 0.29) is 6.04 Å². The first-order valence-corrected chi connectivity index (χ1v) is 5.54. The molecule has 0 spiro atoms. The highest BCUT2D eigenvalue weighted by molar-refractivity contribution is 5.76. The molecule has 1 fully saturated rings. The molecule has 0 bridgehead atoms. The zero-order chi connectivity index (χ0) is 12.0. The van der Waals surface area contributed by atoms with Gasteiger partial charge < -0.3 is 10.6 Å². The second-order valence-electron chi connectivity index (χ2n) is 4.06. The van der Waals surface area contributed by atoms with Gasteiger partial charge in [-0.15, -0.1) is 0 Å². The number of hydrogen-bond donors (Lipinski definition) is 2. The van der Waals surface area contributed by atoms with E-state index in [0.717, 1.165) is 32.4 Å². The van der Waals surface area contributed by atoms with Crippen LogP contribution in [0.15, 0.2) is 0 Å². The quantitative estimate of drug-likeness (QED) is 0.784. The van der Waals surface area contributed by atoms with Gasteiger partial charge in [0.05, 0.1) is 6.42 Å². The molecular weight excluding hydrogens is 221 g/mol. The monoisotopic (exact) mass is 238 g/mol. The average Bonchev–Trinajstić information content (AvgIpc) is 2.42. The molecule has 1 heterocycles. The number of carbonyl (C=O) groups excluding carboxylic acids is 1. The third-order valence-electron chi connectivity index (χ3n) is 2.58. The molecule has 1 amide bonds. The predicted octanol–water partition coefficient (Wildman–Crippen LogP) is 1.59. The van der Waals surface area contributed by atoms with E-state index in [1.165, 1.54) is 0 Å². The Labute approximate surface area is 92.8 Å². The number of halogens is 3. The summed E-state index contributed by atoms with van der Waals surface area (Å²) < 4.78 is 35.6. The summed E-state index contributed by atoms with van der Waals surface area (Å²) in [4.78, 5) is 11.2. The van der Waals surface area contributed by atoms with Crippen molar-refractivity contribution in [2.75, 3.05) is 13.1 Å². The summed E-state index contributed by atoms with van der Waals surface area (Å²) in [6.45, 7) is 1.72. The molecule has 16 heavy (non-hydrogen) atoms. The Kier molecular flexibility index (Phi) is 5.05. The van der Waals surface area contributed by atoms with Crippen molar-refractivity contribution in [3.63, 3.8) is 0 Å². The topological polar surface area (TPSA) is 41.1 Å². The minimum atomic E-state index is -4.25. The second-order valence-corrected chi connectivity index (χ2v) is 4.06. The van der Waals surface area contributed by atoms with Crippen molar-refractivity contribution in [1.82, 2.24) is 10.6 Å². The van der Waals surface area contributed by atoms with Gasteiger partial charge in [0.1, 0.15) is 0 Å². The number of rotatable bonds is 3. The Morgan fingerprint density at radius 3 is 2.75 bits per heavy atom. The Morgan fingerprint density at radius 1 is 1.31 bits per heavy atom. The molecule has 1 unspecified atom stereocenters. The molecule has 94 valence electrons. The van der Waals surface area contributed by atoms with Crippen molar-refractivity contribution in [1.29, 1.82) is 0 Å². The van der Waals surface area contributed by atoms with Crippen LogP contribution in [0.25, 0.3) is 0 Å². The first kappa shape index (κ1) is 13.3. The highest BCUT2D eigenvalue weighted by atomic mass is 19.4. The number of carbonyl (C=O) groups is 1. The van der Waals surface area contributed by atoms with Crippen molar-refractivity contribution in [2.24, 2.45) is 0 Å². The van der Waals surface area contributed by atoms with Crippen LogP contribution >= 0.6 is 0 Å². The smallest absolute Gasteiger partial charge is 0.353 e. The fourth-order valence-corrected chi connectivity index (χ4v) is 1.72. The molecule has 1 aliphatic rings. The lowest BCUT2D eigenvalue weighted by Gasteiger charge is -2.16. The summed E-state index contributed by atoms with van der Waals surface area (Å²) >= 11 is 0. The van der Waals surface area contributed by atoms with Crippen LogP contribution in [0.5, 0.6) is 0 Å². The third-order valence-corrected chi connectivity index (χ3v) is 2.58. The average molecular weight is 238 g/mol. The number of amides is 1. The zero-order valence-corrected chi connectivity index (χ0v) is 9.07. The summed E-state index contributed by atoms with van der Waals surface area (Å²) in [5.74, 6) is -0.496. The van der Waals surface area contributed by atoms with Gasteiger partial charge in [0.2, 0.25) is 5.91 Å². The van der Waals surface area contributed by atoms with Gasteiger partial charge in [0, 0.05) is 12.5 Å². The molecule has 0 radical (unpaired) electrons. The fourth-order valence-electron chi connectivity index (χ4n) is 1.72. The van der Waals surface area contributed by atoms with Crippen LogP contribution in [0.4, 0.5) is 13.2 Å². The molecule has 1 atom stereocenters. The van der Waals surface area contributed by atoms with Crippen molar-refractivity contribution in [3.8, 4) is 0 Å². The molecule has 0 aromatic carbocycles. The van der Waals surface area contributed by atoms with Gasteiger partial charge in [-0.1, -0.05) is 0 Å². The van der Waals surface area contributed by atoms with Crippen LogP contribution in [0.2, 0.25) is 0 Å². The minimum absolute atomic E-state index is 0.0238. The van der Waals surface area contributed by atoms with Crippen LogP contribution < -0.4 is 10.6 Å². The molecule has 6 heteroatoms. The Balaban J connectivity index is 2.22. The summed E-state index contributed by atoms with van der Waals surface area (Å²) in [5, 5.41) is 5.83. The van der Waals surface area contributed by atoms with Gasteiger partial charge in [-0.05, 0) is 32.4 Å². The highest BCUT2D eigenvalue weighted by Gasteiger charge is 2.28. The molecule has 0 aliphatic carbocycles. The maximum absolute atomic E-state index is 11.9. The van der Waals surface area contributed by atoms with Crippen molar-refractivity contribution in [2.45, 2.75) is 44.3 Å². The Morgan fingerprint density at radius 2 is 2.06 bits per heavy atom. The lowest BCUT2D eigenvalue weighted by molar-refractivity contribution is -0.144. The third kappa shape index (κ3) is 5.95. The van der Waals surface area contributed by atoms with Crippen LogP contribution in [-0.2, 0) is 4.79 Å². The molecule has 1 rings (SSSR count). The Bertz CT molecular complexity index is 223. The van der Waals surface area contributed by atoms with Crippen LogP contribution in [0.1, 0.15) is 32.1 Å². The van der Waals surface area contributed by atoms with Crippen LogP contribution in [-0.4, -0.2) is 31.2 Å². The highest BCUT2D eigenvalue weighted by Crippen LogP contribution is 2.21. The molecule has 0 saturated carbocycles. The molecule has 1 saturated heterocycles. The normalized spacial score (nSPS) is 22.6. The molecule has 0 aromatic heterocycles. The lowest BCUT2D eigenvalue weighted by Crippen LogP contribution is -2.35. The minimum Gasteiger partial charge on any atom is -0.353 e. The van der Waals surface area contributed by atoms with E-state index in [0.29, 0.717) is 0 Å². The second kappa shape index (κ2) is 6.08. The molecule has 1 aliphatic heterocycles. The summed E-state index contributed by atoms with van der Waals surface area (Å²) in [5.41, 5.74) is 0. The van der Waals surface area contributed by atoms with Gasteiger partial charge in [-0.3, -0.25) is 4.79 Å². The van der Waals surface area contributed by atoms with Crippen LogP contribution in [0.3, 0.4) is 0 Å². The van der Waals surface area contributed by atoms with Gasteiger partial charge in [-0.25, -0.2) is 0 Å². The van der Waals surface area contributed by atoms with Gasteiger partial charge in [0.15, 0.2) is 0 Å². The van der Waals surface area contributed by atoms with E-state index in [4.69, 9.17) is 0 Å². The number of alkyl halides is 3. The van der Waals surface area contributed by atoms with E-state index in [1.54, 1.807) is 0 Å². The largest absolute Gasteiger partial charge is 0.389 e. The lowest BCUT2D eigenvalue weighted by atomic mass is 10.1. The van der Waals surface area contributed by atoms with Crippen molar-refractivity contribution >= 4 is 5.91 Å². The fraction of sp³-hybridized carbons (Fsp3) is 0.900. The zero-order valence-electron chi connectivity index (χ0n) is 9.07. The van der Waals surface area contributed by atoms with E-state index < -0.39 is 24.9 Å². The molecule has 2 N–H and O–H groups in total. The summed E-state index contributed by atoms with van der Waals surface area (Å²) in [6.07, 6.45) is -3.17. The first-order chi connectivity index (χ1) is 7.47. The SMILES string of the molecule is O=C(CCC(F)(F)F)NC1CCCNCC1. The van der Waals surface area contributed by atoms with Crippen molar-refractivity contribution < 1.29 is 18.0 Å². The van der Waals surface area contributed by atoms with E-state index in [2.05, 4.69) is 10.6 Å². The molecular formula is C10H17F3N2O. The Hall–Kier alpha value is -0.780. The van der Waals surface area contributed by atoms with Gasteiger partial charge >= 0.3 is 6.18 Å². The molecule has 0 aromatic rings. The predicted molar refractivity (Wildman–Crippen MR) is 53.9 cm³/mol. The standard InChI is InChI=1S/C10H17F3N2O/c11-10(12,13)5-3-9(16)15-8-2-1-6-14-7-4-8/h8,14H,1-7H2,(H,15,16). The van der Waals surface area contributed by atoms with Crippen LogP contribution in [0, 0.1) is 0 Å².